The van der Waals surface area contributed by atoms with Crippen LogP contribution >= 0.6 is 11.3 Å². The summed E-state index contributed by atoms with van der Waals surface area (Å²) in [6.45, 7) is 3.25. The zero-order chi connectivity index (χ0) is 17.4. The van der Waals surface area contributed by atoms with Gasteiger partial charge in [0.15, 0.2) is 6.61 Å². The molecule has 6 heteroatoms. The summed E-state index contributed by atoms with van der Waals surface area (Å²) in [4.78, 5) is 30.0. The Bertz CT molecular complexity index is 817. The van der Waals surface area contributed by atoms with Gasteiger partial charge in [-0.25, -0.2) is 0 Å². The minimum atomic E-state index is -0.0988. The molecule has 5 nitrogen and oxygen atoms in total. The standard InChI is InChI=1S/C19H20N2O3S/c1-13-14-8-11-25-17(14)6-9-20(13)18(22)7-10-21-15-4-2-3-5-16(15)24-12-19(21)23/h2-5,8,11,13H,6-7,9-10,12H2,1H3/t13-/m0/s1. The average Bonchev–Trinajstić information content (AvgIpc) is 3.10. The van der Waals surface area contributed by atoms with E-state index in [9.17, 15) is 9.59 Å². The first-order chi connectivity index (χ1) is 12.1. The number of anilines is 1. The zero-order valence-electron chi connectivity index (χ0n) is 14.1. The van der Waals surface area contributed by atoms with Crippen molar-refractivity contribution < 1.29 is 14.3 Å². The highest BCUT2D eigenvalue weighted by atomic mass is 32.1. The molecule has 1 aromatic heterocycles. The number of amides is 2. The van der Waals surface area contributed by atoms with Crippen LogP contribution in [-0.4, -0.2) is 36.4 Å². The molecule has 0 fully saturated rings. The molecule has 130 valence electrons. The highest BCUT2D eigenvalue weighted by Gasteiger charge is 2.30. The summed E-state index contributed by atoms with van der Waals surface area (Å²) in [5.74, 6) is 0.697. The number of nitrogens with zero attached hydrogens (tertiary/aromatic N) is 2. The number of hydrogen-bond acceptors (Lipinski definition) is 4. The molecular formula is C19H20N2O3S. The van der Waals surface area contributed by atoms with Crippen LogP contribution in [0.15, 0.2) is 35.7 Å². The fraction of sp³-hybridized carbons (Fsp3) is 0.368. The third-order valence-corrected chi connectivity index (χ3v) is 5.95. The predicted octanol–water partition coefficient (Wildman–Crippen LogP) is 3.01. The van der Waals surface area contributed by atoms with Gasteiger partial charge in [-0.15, -0.1) is 11.3 Å². The Kier molecular flexibility index (Phi) is 4.21. The van der Waals surface area contributed by atoms with Crippen molar-refractivity contribution >= 4 is 28.8 Å². The molecule has 0 N–H and O–H groups in total. The van der Waals surface area contributed by atoms with E-state index in [-0.39, 0.29) is 24.5 Å². The third-order valence-electron chi connectivity index (χ3n) is 4.96. The van der Waals surface area contributed by atoms with E-state index in [1.54, 1.807) is 16.2 Å². The van der Waals surface area contributed by atoms with E-state index in [0.717, 1.165) is 18.7 Å². The smallest absolute Gasteiger partial charge is 0.265 e. The lowest BCUT2D eigenvalue weighted by Crippen LogP contribution is -2.43. The van der Waals surface area contributed by atoms with Gasteiger partial charge in [0.25, 0.3) is 5.91 Å². The number of benzene rings is 1. The Hall–Kier alpha value is -2.34. The minimum Gasteiger partial charge on any atom is -0.482 e. The predicted molar refractivity (Wildman–Crippen MR) is 97.1 cm³/mol. The minimum absolute atomic E-state index is 0.0313. The maximum atomic E-state index is 12.8. The molecule has 3 heterocycles. The van der Waals surface area contributed by atoms with Crippen molar-refractivity contribution in [1.82, 2.24) is 4.90 Å². The average molecular weight is 356 g/mol. The summed E-state index contributed by atoms with van der Waals surface area (Å²) in [5, 5.41) is 2.10. The molecule has 2 aliphatic heterocycles. The first kappa shape index (κ1) is 16.1. The van der Waals surface area contributed by atoms with Gasteiger partial charge in [0.1, 0.15) is 5.75 Å². The molecule has 0 aliphatic carbocycles. The molecule has 2 amide bonds. The summed E-state index contributed by atoms with van der Waals surface area (Å²) >= 11 is 1.77. The number of thiophene rings is 1. The Balaban J connectivity index is 1.45. The Labute approximate surface area is 150 Å². The first-order valence-corrected chi connectivity index (χ1v) is 9.41. The monoisotopic (exact) mass is 356 g/mol. The van der Waals surface area contributed by atoms with Crippen LogP contribution < -0.4 is 9.64 Å². The molecule has 2 aliphatic rings. The molecule has 1 aromatic carbocycles. The number of ether oxygens (including phenoxy) is 1. The van der Waals surface area contributed by atoms with Crippen molar-refractivity contribution in [2.45, 2.75) is 25.8 Å². The van der Waals surface area contributed by atoms with Crippen LogP contribution in [0.1, 0.15) is 29.8 Å². The van der Waals surface area contributed by atoms with E-state index in [1.807, 2.05) is 29.2 Å². The number of carbonyl (C=O) groups is 2. The number of hydrogen-bond donors (Lipinski definition) is 0. The normalized spacial score (nSPS) is 19.2. The van der Waals surface area contributed by atoms with Gasteiger partial charge >= 0.3 is 0 Å². The molecule has 0 bridgehead atoms. The highest BCUT2D eigenvalue weighted by molar-refractivity contribution is 7.10. The second-order valence-electron chi connectivity index (χ2n) is 6.36. The molecule has 25 heavy (non-hydrogen) atoms. The van der Waals surface area contributed by atoms with Crippen LogP contribution in [-0.2, 0) is 16.0 Å². The van der Waals surface area contributed by atoms with Gasteiger partial charge in [0.2, 0.25) is 5.91 Å². The van der Waals surface area contributed by atoms with E-state index in [2.05, 4.69) is 18.4 Å². The lowest BCUT2D eigenvalue weighted by Gasteiger charge is -2.35. The molecular weight excluding hydrogens is 336 g/mol. The van der Waals surface area contributed by atoms with Crippen molar-refractivity contribution in [3.63, 3.8) is 0 Å². The van der Waals surface area contributed by atoms with Crippen molar-refractivity contribution in [2.24, 2.45) is 0 Å². The number of rotatable bonds is 3. The zero-order valence-corrected chi connectivity index (χ0v) is 14.9. The van der Waals surface area contributed by atoms with E-state index < -0.39 is 0 Å². The largest absolute Gasteiger partial charge is 0.482 e. The number of fused-ring (bicyclic) bond motifs is 2. The first-order valence-electron chi connectivity index (χ1n) is 8.53. The summed E-state index contributed by atoms with van der Waals surface area (Å²) in [6.07, 6.45) is 1.24. The van der Waals surface area contributed by atoms with Crippen molar-refractivity contribution in [3.05, 3.63) is 46.2 Å². The second-order valence-corrected chi connectivity index (χ2v) is 7.36. The molecule has 4 rings (SSSR count). The Morgan fingerprint density at radius 1 is 1.32 bits per heavy atom. The van der Waals surface area contributed by atoms with Crippen molar-refractivity contribution in [3.8, 4) is 5.75 Å². The Morgan fingerprint density at radius 2 is 2.16 bits per heavy atom. The Morgan fingerprint density at radius 3 is 3.04 bits per heavy atom. The van der Waals surface area contributed by atoms with Crippen LogP contribution in [0, 0.1) is 0 Å². The molecule has 0 spiro atoms. The summed E-state index contributed by atoms with van der Waals surface area (Å²) < 4.78 is 5.45. The lowest BCUT2D eigenvalue weighted by molar-refractivity contribution is -0.133. The quantitative estimate of drug-likeness (QED) is 0.849. The van der Waals surface area contributed by atoms with Gasteiger partial charge in [-0.2, -0.15) is 0 Å². The molecule has 0 unspecified atom stereocenters. The highest BCUT2D eigenvalue weighted by Crippen LogP contribution is 2.34. The maximum absolute atomic E-state index is 12.8. The van der Waals surface area contributed by atoms with E-state index in [0.29, 0.717) is 18.7 Å². The fourth-order valence-corrected chi connectivity index (χ4v) is 4.56. The lowest BCUT2D eigenvalue weighted by atomic mass is 10.0. The molecule has 1 atom stereocenters. The molecule has 2 aromatic rings. The number of para-hydroxylation sites is 2. The summed E-state index contributed by atoms with van der Waals surface area (Å²) in [6, 6.07) is 9.69. The van der Waals surface area contributed by atoms with Gasteiger partial charge in [0.05, 0.1) is 11.7 Å². The third kappa shape index (κ3) is 2.91. The molecule has 0 saturated carbocycles. The van der Waals surface area contributed by atoms with Gasteiger partial charge in [-0.1, -0.05) is 12.1 Å². The van der Waals surface area contributed by atoms with Crippen molar-refractivity contribution in [1.29, 1.82) is 0 Å². The number of carbonyl (C=O) groups excluding carboxylic acids is 2. The van der Waals surface area contributed by atoms with Crippen LogP contribution in [0.3, 0.4) is 0 Å². The maximum Gasteiger partial charge on any atom is 0.265 e. The van der Waals surface area contributed by atoms with Gasteiger partial charge < -0.3 is 14.5 Å². The second kappa shape index (κ2) is 6.52. The molecule has 0 radical (unpaired) electrons. The van der Waals surface area contributed by atoms with Gasteiger partial charge in [-0.3, -0.25) is 9.59 Å². The van der Waals surface area contributed by atoms with E-state index in [1.165, 1.54) is 10.4 Å². The van der Waals surface area contributed by atoms with Crippen LogP contribution in [0.25, 0.3) is 0 Å². The van der Waals surface area contributed by atoms with Gasteiger partial charge in [-0.05, 0) is 42.5 Å². The SMILES string of the molecule is C[C@H]1c2ccsc2CCN1C(=O)CCN1C(=O)COc2ccccc21. The topological polar surface area (TPSA) is 49.9 Å². The van der Waals surface area contributed by atoms with Crippen molar-refractivity contribution in [2.75, 3.05) is 24.6 Å². The van der Waals surface area contributed by atoms with Gasteiger partial charge in [0, 0.05) is 24.4 Å². The summed E-state index contributed by atoms with van der Waals surface area (Å²) in [5.41, 5.74) is 2.01. The molecule has 0 saturated heterocycles. The summed E-state index contributed by atoms with van der Waals surface area (Å²) in [7, 11) is 0. The van der Waals surface area contributed by atoms with Crippen LogP contribution in [0.4, 0.5) is 5.69 Å². The van der Waals surface area contributed by atoms with Crippen LogP contribution in [0.2, 0.25) is 0 Å². The van der Waals surface area contributed by atoms with E-state index >= 15 is 0 Å². The van der Waals surface area contributed by atoms with E-state index in [4.69, 9.17) is 4.74 Å². The van der Waals surface area contributed by atoms with Crippen LogP contribution in [0.5, 0.6) is 5.75 Å². The fourth-order valence-electron chi connectivity index (χ4n) is 3.60.